The zero-order chi connectivity index (χ0) is 12.1. The zero-order valence-electron chi connectivity index (χ0n) is 11.1. The summed E-state index contributed by atoms with van der Waals surface area (Å²) in [7, 11) is 2.11. The van der Waals surface area contributed by atoms with Crippen molar-refractivity contribution in [2.45, 2.75) is 40.3 Å². The Hall–Kier alpha value is -0.800. The fraction of sp³-hybridized carbons (Fsp3) is 0.692. The minimum absolute atomic E-state index is 0.287. The lowest BCUT2D eigenvalue weighted by Crippen LogP contribution is -2.26. The van der Waals surface area contributed by atoms with Crippen LogP contribution < -0.4 is 5.32 Å². The Labute approximate surface area is 98.8 Å². The van der Waals surface area contributed by atoms with Gasteiger partial charge in [0.15, 0.2) is 0 Å². The van der Waals surface area contributed by atoms with E-state index in [2.05, 4.69) is 43.8 Å². The van der Waals surface area contributed by atoms with E-state index in [1.165, 1.54) is 17.0 Å². The quantitative estimate of drug-likeness (QED) is 0.801. The number of rotatable bonds is 6. The summed E-state index contributed by atoms with van der Waals surface area (Å²) in [4.78, 5) is 0. The van der Waals surface area contributed by atoms with Gasteiger partial charge in [-0.1, -0.05) is 0 Å². The molecule has 1 atom stereocenters. The van der Waals surface area contributed by atoms with Gasteiger partial charge in [-0.3, -0.25) is 0 Å². The molecule has 92 valence electrons. The van der Waals surface area contributed by atoms with Crippen LogP contribution in [-0.2, 0) is 18.3 Å². The number of nitrogens with one attached hydrogen (secondary N) is 1. The van der Waals surface area contributed by atoms with Gasteiger partial charge in [0.25, 0.3) is 0 Å². The first-order chi connectivity index (χ1) is 7.56. The highest BCUT2D eigenvalue weighted by Gasteiger charge is 2.06. The second-order valence-electron chi connectivity index (χ2n) is 4.35. The fourth-order valence-corrected chi connectivity index (χ4v) is 1.87. The van der Waals surface area contributed by atoms with Crippen LogP contribution in [0.5, 0.6) is 0 Å². The molecule has 16 heavy (non-hydrogen) atoms. The minimum Gasteiger partial charge on any atom is -0.377 e. The molecule has 3 nitrogen and oxygen atoms in total. The third-order valence-electron chi connectivity index (χ3n) is 3.08. The van der Waals surface area contributed by atoms with E-state index < -0.39 is 0 Å². The summed E-state index contributed by atoms with van der Waals surface area (Å²) in [6, 6.07) is 2.24. The smallest absolute Gasteiger partial charge is 0.0671 e. The molecule has 0 aliphatic heterocycles. The first-order valence-corrected chi connectivity index (χ1v) is 6.00. The fourth-order valence-electron chi connectivity index (χ4n) is 1.87. The summed E-state index contributed by atoms with van der Waals surface area (Å²) in [5, 5.41) is 3.43. The monoisotopic (exact) mass is 224 g/mol. The number of nitrogens with zero attached hydrogens (tertiary/aromatic N) is 1. The Morgan fingerprint density at radius 3 is 2.62 bits per heavy atom. The van der Waals surface area contributed by atoms with Crippen LogP contribution in [0.25, 0.3) is 0 Å². The molecule has 1 heterocycles. The van der Waals surface area contributed by atoms with Gasteiger partial charge in [-0.2, -0.15) is 0 Å². The third kappa shape index (κ3) is 3.35. The maximum absolute atomic E-state index is 5.47. The Balaban J connectivity index is 2.40. The first-order valence-electron chi connectivity index (χ1n) is 6.00. The van der Waals surface area contributed by atoms with Gasteiger partial charge in [0.05, 0.1) is 6.10 Å². The topological polar surface area (TPSA) is 26.2 Å². The molecule has 0 aromatic carbocycles. The van der Waals surface area contributed by atoms with Crippen LogP contribution in [0, 0.1) is 13.8 Å². The van der Waals surface area contributed by atoms with Crippen LogP contribution in [0.1, 0.15) is 30.8 Å². The van der Waals surface area contributed by atoms with Gasteiger partial charge in [-0.15, -0.1) is 0 Å². The average molecular weight is 224 g/mol. The van der Waals surface area contributed by atoms with Crippen LogP contribution in [-0.4, -0.2) is 23.8 Å². The Kier molecular flexibility index (Phi) is 5.03. The lowest BCUT2D eigenvalue weighted by molar-refractivity contribution is 0.0759. The molecule has 1 aromatic rings. The maximum atomic E-state index is 5.47. The third-order valence-corrected chi connectivity index (χ3v) is 3.08. The first kappa shape index (κ1) is 13.3. The standard InChI is InChI=1S/C13H24N2O/c1-6-16-11(3)8-14-9-13-7-10(2)15(5)12(13)4/h7,11,14H,6,8-9H2,1-5H3. The largest absolute Gasteiger partial charge is 0.377 e. The van der Waals surface area contributed by atoms with E-state index in [4.69, 9.17) is 4.74 Å². The molecule has 1 N–H and O–H groups in total. The normalized spacial score (nSPS) is 13.1. The molecule has 0 aliphatic carbocycles. The van der Waals surface area contributed by atoms with Crippen molar-refractivity contribution >= 4 is 0 Å². The van der Waals surface area contributed by atoms with E-state index in [0.29, 0.717) is 0 Å². The number of aromatic nitrogens is 1. The Morgan fingerprint density at radius 1 is 1.44 bits per heavy atom. The van der Waals surface area contributed by atoms with E-state index in [0.717, 1.165) is 19.7 Å². The zero-order valence-corrected chi connectivity index (χ0v) is 11.1. The van der Waals surface area contributed by atoms with Crippen molar-refractivity contribution in [1.29, 1.82) is 0 Å². The van der Waals surface area contributed by atoms with Crippen molar-refractivity contribution in [1.82, 2.24) is 9.88 Å². The molecule has 0 saturated heterocycles. The van der Waals surface area contributed by atoms with Gasteiger partial charge < -0.3 is 14.6 Å². The van der Waals surface area contributed by atoms with Crippen molar-refractivity contribution < 1.29 is 4.74 Å². The van der Waals surface area contributed by atoms with E-state index in [1.807, 2.05) is 6.92 Å². The summed E-state index contributed by atoms with van der Waals surface area (Å²) < 4.78 is 7.70. The summed E-state index contributed by atoms with van der Waals surface area (Å²) in [6.07, 6.45) is 0.287. The lowest BCUT2D eigenvalue weighted by atomic mass is 10.2. The molecule has 3 heteroatoms. The van der Waals surface area contributed by atoms with Crippen molar-refractivity contribution in [2.75, 3.05) is 13.2 Å². The molecule has 1 unspecified atom stereocenters. The molecule has 0 saturated carbocycles. The highest BCUT2D eigenvalue weighted by molar-refractivity contribution is 5.26. The predicted octanol–water partition coefficient (Wildman–Crippen LogP) is 2.16. The SMILES string of the molecule is CCOC(C)CNCc1cc(C)n(C)c1C. The van der Waals surface area contributed by atoms with Crippen LogP contribution in [0.3, 0.4) is 0 Å². The summed E-state index contributed by atoms with van der Waals surface area (Å²) >= 11 is 0. The van der Waals surface area contributed by atoms with Gasteiger partial charge in [0.1, 0.15) is 0 Å². The Morgan fingerprint density at radius 2 is 2.12 bits per heavy atom. The molecule has 0 amide bonds. The number of ether oxygens (including phenoxy) is 1. The van der Waals surface area contributed by atoms with Crippen LogP contribution >= 0.6 is 0 Å². The molecule has 0 fully saturated rings. The number of hydrogen-bond acceptors (Lipinski definition) is 2. The molecule has 0 spiro atoms. The average Bonchev–Trinajstić information content (AvgIpc) is 2.47. The van der Waals surface area contributed by atoms with Gasteiger partial charge in [-0.05, 0) is 39.3 Å². The molecule has 0 bridgehead atoms. The summed E-state index contributed by atoms with van der Waals surface area (Å²) in [5.74, 6) is 0. The van der Waals surface area contributed by atoms with Crippen molar-refractivity contribution in [3.8, 4) is 0 Å². The van der Waals surface area contributed by atoms with Crippen molar-refractivity contribution in [3.05, 3.63) is 23.0 Å². The summed E-state index contributed by atoms with van der Waals surface area (Å²) in [5.41, 5.74) is 4.03. The van der Waals surface area contributed by atoms with Crippen molar-refractivity contribution in [3.63, 3.8) is 0 Å². The van der Waals surface area contributed by atoms with Gasteiger partial charge >= 0.3 is 0 Å². The van der Waals surface area contributed by atoms with Gasteiger partial charge in [0, 0.05) is 38.1 Å². The molecular weight excluding hydrogens is 200 g/mol. The Bertz CT molecular complexity index is 331. The van der Waals surface area contributed by atoms with Crippen molar-refractivity contribution in [2.24, 2.45) is 7.05 Å². The molecular formula is C13H24N2O. The van der Waals surface area contributed by atoms with Gasteiger partial charge in [-0.25, -0.2) is 0 Å². The number of aryl methyl sites for hydroxylation is 1. The molecule has 1 aromatic heterocycles. The van der Waals surface area contributed by atoms with E-state index in [1.54, 1.807) is 0 Å². The highest BCUT2D eigenvalue weighted by Crippen LogP contribution is 2.12. The minimum atomic E-state index is 0.287. The number of hydrogen-bond donors (Lipinski definition) is 1. The second kappa shape index (κ2) is 6.06. The molecule has 1 rings (SSSR count). The van der Waals surface area contributed by atoms with E-state index >= 15 is 0 Å². The van der Waals surface area contributed by atoms with E-state index in [9.17, 15) is 0 Å². The van der Waals surface area contributed by atoms with Crippen LogP contribution in [0.2, 0.25) is 0 Å². The van der Waals surface area contributed by atoms with Crippen LogP contribution in [0.15, 0.2) is 6.07 Å². The van der Waals surface area contributed by atoms with Gasteiger partial charge in [0.2, 0.25) is 0 Å². The van der Waals surface area contributed by atoms with E-state index in [-0.39, 0.29) is 6.10 Å². The highest BCUT2D eigenvalue weighted by atomic mass is 16.5. The second-order valence-corrected chi connectivity index (χ2v) is 4.35. The lowest BCUT2D eigenvalue weighted by Gasteiger charge is -2.12. The predicted molar refractivity (Wildman–Crippen MR) is 67.7 cm³/mol. The maximum Gasteiger partial charge on any atom is 0.0671 e. The summed E-state index contributed by atoms with van der Waals surface area (Å²) in [6.45, 7) is 11.0. The van der Waals surface area contributed by atoms with Crippen LogP contribution in [0.4, 0.5) is 0 Å². The molecule has 0 aliphatic rings. The molecule has 0 radical (unpaired) electrons.